The first-order chi connectivity index (χ1) is 14.5. The lowest BCUT2D eigenvalue weighted by molar-refractivity contribution is 0.102. The average Bonchev–Trinajstić information content (AvgIpc) is 3.07. The van der Waals surface area contributed by atoms with Gasteiger partial charge in [-0.2, -0.15) is 0 Å². The number of fused-ring (bicyclic) bond motifs is 1. The molecule has 0 bridgehead atoms. The number of imidazole rings is 1. The van der Waals surface area contributed by atoms with Crippen LogP contribution in [0, 0.1) is 11.7 Å². The van der Waals surface area contributed by atoms with E-state index in [1.165, 1.54) is 37.1 Å². The minimum absolute atomic E-state index is 0.259. The van der Waals surface area contributed by atoms with E-state index in [1.807, 2.05) is 18.2 Å². The van der Waals surface area contributed by atoms with Gasteiger partial charge in [-0.3, -0.25) is 9.69 Å². The third-order valence-electron chi connectivity index (χ3n) is 5.88. The van der Waals surface area contributed by atoms with E-state index < -0.39 is 0 Å². The van der Waals surface area contributed by atoms with Gasteiger partial charge < -0.3 is 9.88 Å². The maximum atomic E-state index is 13.1. The summed E-state index contributed by atoms with van der Waals surface area (Å²) in [5.41, 5.74) is 3.10. The van der Waals surface area contributed by atoms with Crippen LogP contribution in [0.3, 0.4) is 0 Å². The Hall–Kier alpha value is -2.73. The van der Waals surface area contributed by atoms with E-state index in [0.717, 1.165) is 55.4 Å². The van der Waals surface area contributed by atoms with Crippen molar-refractivity contribution in [1.29, 1.82) is 0 Å². The van der Waals surface area contributed by atoms with Crippen LogP contribution in [-0.2, 0) is 13.1 Å². The Balaban J connectivity index is 1.56. The van der Waals surface area contributed by atoms with Crippen LogP contribution in [0.25, 0.3) is 11.0 Å². The lowest BCUT2D eigenvalue weighted by Crippen LogP contribution is -2.33. The van der Waals surface area contributed by atoms with Crippen LogP contribution in [0.5, 0.6) is 0 Å². The van der Waals surface area contributed by atoms with E-state index in [0.29, 0.717) is 11.3 Å². The second-order valence-corrected chi connectivity index (χ2v) is 8.30. The molecule has 6 heteroatoms. The number of amides is 1. The molecule has 30 heavy (non-hydrogen) atoms. The SMILES string of the molecule is CCCn1c(CN2CCC(C)CC2)nc2cc(NC(=O)c3ccc(F)cc3)ccc21. The molecular formula is C24H29FN4O. The molecule has 0 unspecified atom stereocenters. The number of aryl methyl sites for hydroxylation is 1. The van der Waals surface area contributed by atoms with Gasteiger partial charge in [-0.05, 0) is 80.7 Å². The number of hydrogen-bond acceptors (Lipinski definition) is 3. The van der Waals surface area contributed by atoms with Gasteiger partial charge in [0.2, 0.25) is 0 Å². The molecule has 158 valence electrons. The van der Waals surface area contributed by atoms with Crippen molar-refractivity contribution in [2.24, 2.45) is 5.92 Å². The first kappa shape index (κ1) is 20.5. The van der Waals surface area contributed by atoms with Gasteiger partial charge in [-0.15, -0.1) is 0 Å². The number of likely N-dealkylation sites (tertiary alicyclic amines) is 1. The fourth-order valence-corrected chi connectivity index (χ4v) is 4.08. The number of benzene rings is 2. The predicted molar refractivity (Wildman–Crippen MR) is 118 cm³/mol. The highest BCUT2D eigenvalue weighted by Gasteiger charge is 2.19. The number of nitrogens with zero attached hydrogens (tertiary/aromatic N) is 3. The predicted octanol–water partition coefficient (Wildman–Crippen LogP) is 5.07. The summed E-state index contributed by atoms with van der Waals surface area (Å²) in [5.74, 6) is 1.28. The van der Waals surface area contributed by atoms with Gasteiger partial charge in [0, 0.05) is 17.8 Å². The summed E-state index contributed by atoms with van der Waals surface area (Å²) >= 11 is 0. The van der Waals surface area contributed by atoms with E-state index in [4.69, 9.17) is 4.98 Å². The number of rotatable bonds is 6. The number of aromatic nitrogens is 2. The second-order valence-electron chi connectivity index (χ2n) is 8.30. The Kier molecular flexibility index (Phi) is 6.13. The molecule has 1 N–H and O–H groups in total. The highest BCUT2D eigenvalue weighted by molar-refractivity contribution is 6.04. The number of nitrogens with one attached hydrogen (secondary N) is 1. The monoisotopic (exact) mass is 408 g/mol. The van der Waals surface area contributed by atoms with Crippen molar-refractivity contribution in [3.05, 3.63) is 59.7 Å². The maximum Gasteiger partial charge on any atom is 0.255 e. The molecule has 2 heterocycles. The first-order valence-electron chi connectivity index (χ1n) is 10.8. The summed E-state index contributed by atoms with van der Waals surface area (Å²) in [6.45, 7) is 8.53. The minimum Gasteiger partial charge on any atom is -0.327 e. The van der Waals surface area contributed by atoms with Crippen LogP contribution in [0.2, 0.25) is 0 Å². The lowest BCUT2D eigenvalue weighted by Gasteiger charge is -2.29. The smallest absolute Gasteiger partial charge is 0.255 e. The molecule has 1 saturated heterocycles. The summed E-state index contributed by atoms with van der Waals surface area (Å²) in [5, 5.41) is 2.90. The zero-order chi connectivity index (χ0) is 21.1. The van der Waals surface area contributed by atoms with E-state index in [1.54, 1.807) is 0 Å². The van der Waals surface area contributed by atoms with Crippen LogP contribution in [-0.4, -0.2) is 33.4 Å². The molecule has 3 aromatic rings. The highest BCUT2D eigenvalue weighted by Crippen LogP contribution is 2.24. The number of hydrogen-bond donors (Lipinski definition) is 1. The van der Waals surface area contributed by atoms with Gasteiger partial charge >= 0.3 is 0 Å². The fraction of sp³-hybridized carbons (Fsp3) is 0.417. The molecule has 2 aromatic carbocycles. The third kappa shape index (κ3) is 4.54. The van der Waals surface area contributed by atoms with E-state index >= 15 is 0 Å². The molecule has 0 atom stereocenters. The number of piperidine rings is 1. The van der Waals surface area contributed by atoms with Crippen LogP contribution < -0.4 is 5.32 Å². The van der Waals surface area contributed by atoms with Crippen LogP contribution >= 0.6 is 0 Å². The normalized spacial score (nSPS) is 15.6. The molecule has 1 aromatic heterocycles. The van der Waals surface area contributed by atoms with E-state index in [-0.39, 0.29) is 11.7 Å². The summed E-state index contributed by atoms with van der Waals surface area (Å²) in [4.78, 5) is 19.9. The molecule has 0 aliphatic carbocycles. The summed E-state index contributed by atoms with van der Waals surface area (Å²) in [6, 6.07) is 11.4. The fourth-order valence-electron chi connectivity index (χ4n) is 4.08. The van der Waals surface area contributed by atoms with Crippen molar-refractivity contribution in [3.8, 4) is 0 Å². The molecule has 5 nitrogen and oxygen atoms in total. The van der Waals surface area contributed by atoms with Crippen LogP contribution in [0.1, 0.15) is 49.3 Å². The van der Waals surface area contributed by atoms with Crippen molar-refractivity contribution in [1.82, 2.24) is 14.5 Å². The standard InChI is InChI=1S/C24H29FN4O/c1-3-12-29-22-9-8-20(26-24(30)18-4-6-19(25)7-5-18)15-21(22)27-23(29)16-28-13-10-17(2)11-14-28/h4-9,15,17H,3,10-14,16H2,1-2H3,(H,26,30). The van der Waals surface area contributed by atoms with Crippen molar-refractivity contribution in [2.45, 2.75) is 46.2 Å². The molecule has 1 aliphatic heterocycles. The molecule has 0 spiro atoms. The molecule has 1 fully saturated rings. The van der Waals surface area contributed by atoms with Crippen molar-refractivity contribution < 1.29 is 9.18 Å². The summed E-state index contributed by atoms with van der Waals surface area (Å²) < 4.78 is 15.4. The number of carbonyl (C=O) groups excluding carboxylic acids is 1. The van der Waals surface area contributed by atoms with Gasteiger partial charge in [0.1, 0.15) is 11.6 Å². The Labute approximate surface area is 176 Å². The molecule has 1 aliphatic rings. The Morgan fingerprint density at radius 1 is 1.17 bits per heavy atom. The largest absolute Gasteiger partial charge is 0.327 e. The Morgan fingerprint density at radius 3 is 2.60 bits per heavy atom. The second kappa shape index (κ2) is 8.96. The van der Waals surface area contributed by atoms with Gasteiger partial charge in [0.05, 0.1) is 17.6 Å². The highest BCUT2D eigenvalue weighted by atomic mass is 19.1. The van der Waals surface area contributed by atoms with Gasteiger partial charge in [-0.25, -0.2) is 9.37 Å². The topological polar surface area (TPSA) is 50.2 Å². The minimum atomic E-state index is -0.356. The van der Waals surface area contributed by atoms with E-state index in [9.17, 15) is 9.18 Å². The third-order valence-corrected chi connectivity index (χ3v) is 5.88. The zero-order valence-corrected chi connectivity index (χ0v) is 17.7. The average molecular weight is 409 g/mol. The van der Waals surface area contributed by atoms with Crippen molar-refractivity contribution in [2.75, 3.05) is 18.4 Å². The van der Waals surface area contributed by atoms with Crippen LogP contribution in [0.4, 0.5) is 10.1 Å². The van der Waals surface area contributed by atoms with Gasteiger partial charge in [0.15, 0.2) is 0 Å². The van der Waals surface area contributed by atoms with Crippen LogP contribution in [0.15, 0.2) is 42.5 Å². The first-order valence-corrected chi connectivity index (χ1v) is 10.8. The summed E-state index contributed by atoms with van der Waals surface area (Å²) in [6.07, 6.45) is 3.53. The molecule has 0 radical (unpaired) electrons. The van der Waals surface area contributed by atoms with E-state index in [2.05, 4.69) is 28.6 Å². The lowest BCUT2D eigenvalue weighted by atomic mass is 9.99. The molecule has 0 saturated carbocycles. The number of halogens is 1. The maximum absolute atomic E-state index is 13.1. The van der Waals surface area contributed by atoms with Crippen molar-refractivity contribution in [3.63, 3.8) is 0 Å². The Bertz CT molecular complexity index is 1020. The van der Waals surface area contributed by atoms with Crippen molar-refractivity contribution >= 4 is 22.6 Å². The van der Waals surface area contributed by atoms with Gasteiger partial charge in [-0.1, -0.05) is 13.8 Å². The molecular weight excluding hydrogens is 379 g/mol. The summed E-state index contributed by atoms with van der Waals surface area (Å²) in [7, 11) is 0. The number of carbonyl (C=O) groups is 1. The molecule has 1 amide bonds. The Morgan fingerprint density at radius 2 is 1.90 bits per heavy atom. The van der Waals surface area contributed by atoms with Gasteiger partial charge in [0.25, 0.3) is 5.91 Å². The molecule has 4 rings (SSSR count). The number of anilines is 1. The zero-order valence-electron chi connectivity index (χ0n) is 17.7. The quantitative estimate of drug-likeness (QED) is 0.620.